The minimum atomic E-state index is -0.667. The molecule has 5 nitrogen and oxygen atoms in total. The maximum absolute atomic E-state index is 12.1. The molecule has 2 aromatic carbocycles. The summed E-state index contributed by atoms with van der Waals surface area (Å²) >= 11 is 0. The number of rotatable bonds is 6. The van der Waals surface area contributed by atoms with E-state index in [1.54, 1.807) is 50.2 Å². The van der Waals surface area contributed by atoms with E-state index < -0.39 is 5.54 Å². The van der Waals surface area contributed by atoms with Gasteiger partial charge in [0, 0.05) is 17.7 Å². The van der Waals surface area contributed by atoms with Gasteiger partial charge in [0.15, 0.2) is 0 Å². The molecule has 0 aromatic heterocycles. The zero-order valence-corrected chi connectivity index (χ0v) is 13.9. The van der Waals surface area contributed by atoms with Gasteiger partial charge in [0.2, 0.25) is 0 Å². The molecule has 0 aliphatic heterocycles. The van der Waals surface area contributed by atoms with E-state index in [0.29, 0.717) is 17.7 Å². The summed E-state index contributed by atoms with van der Waals surface area (Å²) < 4.78 is 0. The van der Waals surface area contributed by atoms with Crippen LogP contribution in [0.25, 0.3) is 0 Å². The van der Waals surface area contributed by atoms with Crippen LogP contribution in [0.1, 0.15) is 40.1 Å². The summed E-state index contributed by atoms with van der Waals surface area (Å²) in [5, 5.41) is 14.8. The lowest BCUT2D eigenvalue weighted by Crippen LogP contribution is -2.46. The summed E-state index contributed by atoms with van der Waals surface area (Å²) in [6, 6.07) is 16.0. The number of carbonyl (C=O) groups is 2. The van der Waals surface area contributed by atoms with Crippen LogP contribution in [0.4, 0.5) is 0 Å². The number of amides is 2. The van der Waals surface area contributed by atoms with Crippen LogP contribution >= 0.6 is 0 Å². The van der Waals surface area contributed by atoms with E-state index in [1.807, 2.05) is 18.2 Å². The van der Waals surface area contributed by atoms with Crippen molar-refractivity contribution >= 4 is 11.8 Å². The Morgan fingerprint density at radius 3 is 2.08 bits per heavy atom. The van der Waals surface area contributed by atoms with Gasteiger partial charge < -0.3 is 15.7 Å². The highest BCUT2D eigenvalue weighted by Crippen LogP contribution is 2.08. The Morgan fingerprint density at radius 1 is 0.917 bits per heavy atom. The lowest BCUT2D eigenvalue weighted by Gasteiger charge is -2.23. The van der Waals surface area contributed by atoms with Crippen molar-refractivity contribution in [2.24, 2.45) is 0 Å². The van der Waals surface area contributed by atoms with Crippen molar-refractivity contribution in [3.8, 4) is 0 Å². The Labute approximate surface area is 141 Å². The molecule has 0 saturated heterocycles. The third-order valence-corrected chi connectivity index (χ3v) is 3.55. The molecule has 0 bridgehead atoms. The van der Waals surface area contributed by atoms with Gasteiger partial charge in [0.25, 0.3) is 11.8 Å². The molecule has 3 N–H and O–H groups in total. The normalized spacial score (nSPS) is 11.0. The van der Waals surface area contributed by atoms with Crippen LogP contribution in [-0.4, -0.2) is 29.1 Å². The molecule has 2 rings (SSSR count). The quantitative estimate of drug-likeness (QED) is 0.761. The Balaban J connectivity index is 1.92. The molecule has 2 aromatic rings. The lowest BCUT2D eigenvalue weighted by molar-refractivity contribution is 0.0868. The fraction of sp³-hybridized carbons (Fsp3) is 0.263. The van der Waals surface area contributed by atoms with E-state index in [2.05, 4.69) is 10.6 Å². The van der Waals surface area contributed by atoms with Crippen molar-refractivity contribution in [2.75, 3.05) is 6.61 Å². The fourth-order valence-electron chi connectivity index (χ4n) is 2.07. The van der Waals surface area contributed by atoms with E-state index in [0.717, 1.165) is 5.56 Å². The molecule has 0 spiro atoms. The molecule has 0 unspecified atom stereocenters. The van der Waals surface area contributed by atoms with Crippen LogP contribution in [0.15, 0.2) is 54.6 Å². The molecule has 0 radical (unpaired) electrons. The van der Waals surface area contributed by atoms with Crippen molar-refractivity contribution < 1.29 is 14.7 Å². The van der Waals surface area contributed by atoms with Crippen LogP contribution in [0, 0.1) is 0 Å². The second-order valence-corrected chi connectivity index (χ2v) is 6.24. The Kier molecular flexibility index (Phi) is 5.71. The Bertz CT molecular complexity index is 694. The van der Waals surface area contributed by atoms with E-state index in [9.17, 15) is 14.7 Å². The minimum absolute atomic E-state index is 0.137. The Hall–Kier alpha value is -2.66. The standard InChI is InChI=1S/C19H22N2O3/c1-19(2,13-22)21-18(24)16-10-8-14(9-11-16)12-20-17(23)15-6-4-3-5-7-15/h3-11,22H,12-13H2,1-2H3,(H,20,23)(H,21,24). The number of hydrogen-bond acceptors (Lipinski definition) is 3. The summed E-state index contributed by atoms with van der Waals surface area (Å²) in [6.07, 6.45) is 0. The van der Waals surface area contributed by atoms with Crippen LogP contribution in [-0.2, 0) is 6.54 Å². The molecule has 0 fully saturated rings. The van der Waals surface area contributed by atoms with Crippen molar-refractivity contribution in [3.05, 3.63) is 71.3 Å². The van der Waals surface area contributed by atoms with Gasteiger partial charge in [0.05, 0.1) is 12.1 Å². The van der Waals surface area contributed by atoms with Gasteiger partial charge in [-0.25, -0.2) is 0 Å². The van der Waals surface area contributed by atoms with Gasteiger partial charge >= 0.3 is 0 Å². The van der Waals surface area contributed by atoms with Crippen molar-refractivity contribution in [1.29, 1.82) is 0 Å². The van der Waals surface area contributed by atoms with E-state index >= 15 is 0 Å². The number of nitrogens with one attached hydrogen (secondary N) is 2. The zero-order valence-electron chi connectivity index (χ0n) is 13.9. The van der Waals surface area contributed by atoms with Crippen molar-refractivity contribution in [3.63, 3.8) is 0 Å². The maximum Gasteiger partial charge on any atom is 0.251 e. The maximum atomic E-state index is 12.1. The summed E-state index contributed by atoms with van der Waals surface area (Å²) in [7, 11) is 0. The molecule has 5 heteroatoms. The molecular weight excluding hydrogens is 304 g/mol. The number of benzene rings is 2. The first-order chi connectivity index (χ1) is 11.4. The molecule has 0 saturated carbocycles. The molecule has 0 atom stereocenters. The SMILES string of the molecule is CC(C)(CO)NC(=O)c1ccc(CNC(=O)c2ccccc2)cc1. The highest BCUT2D eigenvalue weighted by molar-refractivity contribution is 5.95. The zero-order chi connectivity index (χ0) is 17.6. The number of aliphatic hydroxyl groups is 1. The number of carbonyl (C=O) groups excluding carboxylic acids is 2. The molecule has 2 amide bonds. The van der Waals surface area contributed by atoms with Gasteiger partial charge in [-0.2, -0.15) is 0 Å². The van der Waals surface area contributed by atoms with Gasteiger partial charge in [-0.3, -0.25) is 9.59 Å². The first kappa shape index (κ1) is 17.7. The predicted molar refractivity (Wildman–Crippen MR) is 92.7 cm³/mol. The molecule has 126 valence electrons. The molecule has 24 heavy (non-hydrogen) atoms. The van der Waals surface area contributed by atoms with Crippen LogP contribution in [0.3, 0.4) is 0 Å². The average Bonchev–Trinajstić information content (AvgIpc) is 2.60. The highest BCUT2D eigenvalue weighted by Gasteiger charge is 2.19. The lowest BCUT2D eigenvalue weighted by atomic mass is 10.1. The van der Waals surface area contributed by atoms with E-state index in [-0.39, 0.29) is 18.4 Å². The predicted octanol–water partition coefficient (Wildman–Crippen LogP) is 2.12. The first-order valence-electron chi connectivity index (χ1n) is 7.77. The molecule has 0 heterocycles. The molecule has 0 aliphatic carbocycles. The third kappa shape index (κ3) is 4.93. The summed E-state index contributed by atoms with van der Waals surface area (Å²) in [5.74, 6) is -0.379. The van der Waals surface area contributed by atoms with Crippen LogP contribution in [0.5, 0.6) is 0 Å². The number of aliphatic hydroxyl groups excluding tert-OH is 1. The molecule has 0 aliphatic rings. The third-order valence-electron chi connectivity index (χ3n) is 3.55. The van der Waals surface area contributed by atoms with Gasteiger partial charge in [-0.1, -0.05) is 30.3 Å². The van der Waals surface area contributed by atoms with Crippen LogP contribution < -0.4 is 10.6 Å². The van der Waals surface area contributed by atoms with Gasteiger partial charge in [0.1, 0.15) is 0 Å². The summed E-state index contributed by atoms with van der Waals surface area (Å²) in [5.41, 5.74) is 1.35. The van der Waals surface area contributed by atoms with Gasteiger partial charge in [-0.05, 0) is 43.7 Å². The summed E-state index contributed by atoms with van der Waals surface area (Å²) in [4.78, 5) is 24.1. The summed E-state index contributed by atoms with van der Waals surface area (Å²) in [6.45, 7) is 3.75. The second kappa shape index (κ2) is 7.75. The topological polar surface area (TPSA) is 78.4 Å². The second-order valence-electron chi connectivity index (χ2n) is 6.24. The molecular formula is C19H22N2O3. The Morgan fingerprint density at radius 2 is 1.50 bits per heavy atom. The smallest absolute Gasteiger partial charge is 0.251 e. The van der Waals surface area contributed by atoms with Gasteiger partial charge in [-0.15, -0.1) is 0 Å². The average molecular weight is 326 g/mol. The monoisotopic (exact) mass is 326 g/mol. The van der Waals surface area contributed by atoms with Crippen molar-refractivity contribution in [2.45, 2.75) is 25.9 Å². The largest absolute Gasteiger partial charge is 0.394 e. The van der Waals surface area contributed by atoms with Crippen molar-refractivity contribution in [1.82, 2.24) is 10.6 Å². The van der Waals surface area contributed by atoms with E-state index in [4.69, 9.17) is 0 Å². The first-order valence-corrected chi connectivity index (χ1v) is 7.77. The number of hydrogen-bond donors (Lipinski definition) is 3. The van der Waals surface area contributed by atoms with E-state index in [1.165, 1.54) is 0 Å². The minimum Gasteiger partial charge on any atom is -0.394 e. The van der Waals surface area contributed by atoms with Crippen LogP contribution in [0.2, 0.25) is 0 Å². The fourth-order valence-corrected chi connectivity index (χ4v) is 2.07. The highest BCUT2D eigenvalue weighted by atomic mass is 16.3.